The minimum absolute atomic E-state index is 0. The normalized spacial score (nSPS) is 10.1. The third kappa shape index (κ3) is 5.21. The van der Waals surface area contributed by atoms with Crippen molar-refractivity contribution >= 4 is 9.24 Å². The van der Waals surface area contributed by atoms with Crippen LogP contribution in [0.2, 0.25) is 0 Å². The van der Waals surface area contributed by atoms with E-state index in [0.29, 0.717) is 5.16 Å². The second-order valence-corrected chi connectivity index (χ2v) is 5.10. The molecule has 0 fully saturated rings. The van der Waals surface area contributed by atoms with Crippen LogP contribution in [0.3, 0.4) is 0 Å². The first-order chi connectivity index (χ1) is 7.73. The molecule has 0 spiro atoms. The quantitative estimate of drug-likeness (QED) is 0.436. The minimum atomic E-state index is 0. The fourth-order valence-electron chi connectivity index (χ4n) is 1.68. The first kappa shape index (κ1) is 16.6. The number of hydrogen-bond acceptors (Lipinski definition) is 0. The maximum atomic E-state index is 2.97. The van der Waals surface area contributed by atoms with Crippen molar-refractivity contribution in [2.75, 3.05) is 0 Å². The molecule has 0 amide bonds. The van der Waals surface area contributed by atoms with E-state index in [0.717, 1.165) is 0 Å². The van der Waals surface area contributed by atoms with Crippen LogP contribution >= 0.6 is 9.24 Å². The van der Waals surface area contributed by atoms with E-state index in [2.05, 4.69) is 47.4 Å². The van der Waals surface area contributed by atoms with Gasteiger partial charge in [0, 0.05) is 17.1 Å². The van der Waals surface area contributed by atoms with E-state index < -0.39 is 0 Å². The number of rotatable bonds is 3. The summed E-state index contributed by atoms with van der Waals surface area (Å²) >= 11 is 0. The van der Waals surface area contributed by atoms with Crippen LogP contribution in [0, 0.1) is 0 Å². The van der Waals surface area contributed by atoms with Crippen molar-refractivity contribution in [2.24, 2.45) is 0 Å². The predicted octanol–water partition coefficient (Wildman–Crippen LogP) is 4.70. The Kier molecular flexibility index (Phi) is 8.52. The zero-order valence-corrected chi connectivity index (χ0v) is 12.8. The molecule has 0 aliphatic rings. The summed E-state index contributed by atoms with van der Waals surface area (Å²) in [6.07, 6.45) is 2.39. The summed E-state index contributed by atoms with van der Waals surface area (Å²) < 4.78 is 0. The zero-order valence-electron chi connectivity index (χ0n) is 10.5. The number of hydrogen-bond donors (Lipinski definition) is 0. The van der Waals surface area contributed by atoms with E-state index in [4.69, 9.17) is 0 Å². The van der Waals surface area contributed by atoms with Crippen LogP contribution in [0.5, 0.6) is 0 Å². The van der Waals surface area contributed by atoms with E-state index in [1.54, 1.807) is 0 Å². The third-order valence-electron chi connectivity index (χ3n) is 3.05. The zero-order chi connectivity index (χ0) is 11.9. The van der Waals surface area contributed by atoms with Gasteiger partial charge in [-0.1, -0.05) is 26.7 Å². The van der Waals surface area contributed by atoms with E-state index >= 15 is 0 Å². The van der Waals surface area contributed by atoms with E-state index in [1.807, 2.05) is 30.3 Å². The van der Waals surface area contributed by atoms with Crippen LogP contribution in [0.25, 0.3) is 0 Å². The van der Waals surface area contributed by atoms with E-state index in [9.17, 15) is 0 Å². The van der Waals surface area contributed by atoms with Gasteiger partial charge in [0.15, 0.2) is 0 Å². The Morgan fingerprint density at radius 2 is 1.29 bits per heavy atom. The van der Waals surface area contributed by atoms with Crippen molar-refractivity contribution in [1.82, 2.24) is 0 Å². The van der Waals surface area contributed by atoms with Gasteiger partial charge in [-0.2, -0.15) is 12.1 Å². The van der Waals surface area contributed by atoms with Gasteiger partial charge in [-0.05, 0) is 5.16 Å². The van der Waals surface area contributed by atoms with E-state index in [-0.39, 0.29) is 17.1 Å². The molecule has 2 heteroatoms. The summed E-state index contributed by atoms with van der Waals surface area (Å²) in [5, 5.41) is 0.323. The van der Waals surface area contributed by atoms with Crippen LogP contribution in [0.4, 0.5) is 0 Å². The van der Waals surface area contributed by atoms with Crippen LogP contribution in [0.1, 0.15) is 32.3 Å². The van der Waals surface area contributed by atoms with Gasteiger partial charge >= 0.3 is 0 Å². The second kappa shape index (κ2) is 8.70. The monoisotopic (exact) mass is 288 g/mol. The average Bonchev–Trinajstić information content (AvgIpc) is 3.01. The SMILES string of the molecule is CCC(P)(CC)[c-]1cccc1.[Fe].[cH-]1[cH-][cH-][cH-][cH-]1. The Labute approximate surface area is 118 Å². The van der Waals surface area contributed by atoms with Crippen LogP contribution in [-0.2, 0) is 22.2 Å². The van der Waals surface area contributed by atoms with Crippen LogP contribution in [-0.4, -0.2) is 0 Å². The fraction of sp³-hybridized carbons (Fsp3) is 0.333. The molecule has 2 aromatic carbocycles. The fourth-order valence-corrected chi connectivity index (χ4v) is 1.88. The Morgan fingerprint density at radius 1 is 0.941 bits per heavy atom. The summed E-state index contributed by atoms with van der Waals surface area (Å²) in [6, 6.07) is 18.6. The molecule has 0 aliphatic carbocycles. The molecule has 0 aliphatic heterocycles. The molecule has 0 N–H and O–H groups in total. The van der Waals surface area contributed by atoms with Crippen molar-refractivity contribution in [1.29, 1.82) is 0 Å². The maximum Gasteiger partial charge on any atom is 0 e. The largest absolute Gasteiger partial charge is 0.748 e. The van der Waals surface area contributed by atoms with Gasteiger partial charge in [0.05, 0.1) is 0 Å². The van der Waals surface area contributed by atoms with Gasteiger partial charge in [-0.25, -0.2) is 12.1 Å². The molecule has 0 heterocycles. The standard InChI is InChI=1S/C10H16P.C5H5.Fe/c1-3-10(11,4-2)9-7-5-6-8-9;1-2-4-5-3-1;/h5-8H,3-4,11H2,1-2H3;1-5H;/q-1;-5;. The Bertz CT molecular complexity index is 327. The molecule has 0 aromatic heterocycles. The van der Waals surface area contributed by atoms with Gasteiger partial charge in [-0.15, -0.1) is 14.8 Å². The molecule has 1 unspecified atom stereocenters. The van der Waals surface area contributed by atoms with Crippen molar-refractivity contribution in [3.8, 4) is 0 Å². The molecule has 0 nitrogen and oxygen atoms in total. The molecule has 0 saturated carbocycles. The molecule has 1 atom stereocenters. The first-order valence-corrected chi connectivity index (χ1v) is 6.48. The molecular weight excluding hydrogens is 267 g/mol. The van der Waals surface area contributed by atoms with Gasteiger partial charge in [0.25, 0.3) is 0 Å². The van der Waals surface area contributed by atoms with Gasteiger partial charge in [0.2, 0.25) is 0 Å². The average molecular weight is 288 g/mol. The summed E-state index contributed by atoms with van der Waals surface area (Å²) in [5.41, 5.74) is 1.45. The molecule has 0 saturated heterocycles. The van der Waals surface area contributed by atoms with Crippen molar-refractivity contribution < 1.29 is 17.1 Å². The molecule has 2 aromatic rings. The summed E-state index contributed by atoms with van der Waals surface area (Å²) in [4.78, 5) is 0. The smallest absolute Gasteiger partial charge is 0 e. The van der Waals surface area contributed by atoms with Crippen molar-refractivity contribution in [3.05, 3.63) is 60.2 Å². The molecule has 17 heavy (non-hydrogen) atoms. The molecule has 0 bridgehead atoms. The second-order valence-electron chi connectivity index (χ2n) is 4.00. The molecule has 0 radical (unpaired) electrons. The summed E-state index contributed by atoms with van der Waals surface area (Å²) in [6.45, 7) is 4.48. The first-order valence-electron chi connectivity index (χ1n) is 5.90. The predicted molar refractivity (Wildman–Crippen MR) is 76.0 cm³/mol. The Hall–Kier alpha value is -0.351. The Morgan fingerprint density at radius 3 is 1.59 bits per heavy atom. The topological polar surface area (TPSA) is 0 Å². The maximum absolute atomic E-state index is 2.97. The summed E-state index contributed by atoms with van der Waals surface area (Å²) in [5.74, 6) is 0. The van der Waals surface area contributed by atoms with E-state index in [1.165, 1.54) is 18.4 Å². The molecule has 100 valence electrons. The van der Waals surface area contributed by atoms with Gasteiger partial charge in [-0.3, -0.25) is 0 Å². The summed E-state index contributed by atoms with van der Waals surface area (Å²) in [7, 11) is 2.97. The van der Waals surface area contributed by atoms with Crippen molar-refractivity contribution in [3.63, 3.8) is 0 Å². The van der Waals surface area contributed by atoms with Crippen LogP contribution in [0.15, 0.2) is 54.6 Å². The third-order valence-corrected chi connectivity index (χ3v) is 4.20. The van der Waals surface area contributed by atoms with Crippen LogP contribution < -0.4 is 0 Å². The molecular formula is C15H21FeP-6. The van der Waals surface area contributed by atoms with Gasteiger partial charge < -0.3 is 30.3 Å². The minimum Gasteiger partial charge on any atom is -0.748 e. The van der Waals surface area contributed by atoms with Gasteiger partial charge in [0.1, 0.15) is 0 Å². The Balaban J connectivity index is 0.000000360. The van der Waals surface area contributed by atoms with Crippen molar-refractivity contribution in [2.45, 2.75) is 31.8 Å². The molecule has 2 rings (SSSR count).